The maximum absolute atomic E-state index is 12.0. The summed E-state index contributed by atoms with van der Waals surface area (Å²) in [6.07, 6.45) is 0. The molecule has 1 atom stereocenters. The normalized spacial score (nSPS) is 12.6. The van der Waals surface area contributed by atoms with Crippen LogP contribution in [-0.4, -0.2) is 24.9 Å². The van der Waals surface area contributed by atoms with Crippen LogP contribution in [0.3, 0.4) is 0 Å². The van der Waals surface area contributed by atoms with Crippen LogP contribution < -0.4 is 4.90 Å². The summed E-state index contributed by atoms with van der Waals surface area (Å²) >= 11 is -1.40. The first-order valence-corrected chi connectivity index (χ1v) is 6.96. The Labute approximate surface area is 110 Å². The fourth-order valence-corrected chi connectivity index (χ4v) is 2.86. The maximum atomic E-state index is 12.0. The minimum Gasteiger partial charge on any atom is -0.377 e. The van der Waals surface area contributed by atoms with E-state index in [1.807, 2.05) is 51.4 Å². The van der Waals surface area contributed by atoms with E-state index in [0.717, 1.165) is 21.4 Å². The SMILES string of the molecule is CCO[S@@](=O)c1cccc2c(N(C)C)cccc12. The van der Waals surface area contributed by atoms with Crippen LogP contribution >= 0.6 is 0 Å². The van der Waals surface area contributed by atoms with Crippen molar-refractivity contribution >= 4 is 27.5 Å². The topological polar surface area (TPSA) is 29.5 Å². The summed E-state index contributed by atoms with van der Waals surface area (Å²) in [6, 6.07) is 11.8. The van der Waals surface area contributed by atoms with E-state index in [0.29, 0.717) is 6.61 Å². The Bertz CT molecular complexity index is 581. The Hall–Kier alpha value is -1.39. The summed E-state index contributed by atoms with van der Waals surface area (Å²) in [5.74, 6) is 0. The highest BCUT2D eigenvalue weighted by molar-refractivity contribution is 7.80. The van der Waals surface area contributed by atoms with Gasteiger partial charge in [0.1, 0.15) is 0 Å². The van der Waals surface area contributed by atoms with Gasteiger partial charge in [0.2, 0.25) is 0 Å². The van der Waals surface area contributed by atoms with Gasteiger partial charge < -0.3 is 4.90 Å². The largest absolute Gasteiger partial charge is 0.377 e. The molecule has 18 heavy (non-hydrogen) atoms. The highest BCUT2D eigenvalue weighted by Crippen LogP contribution is 2.29. The second-order valence-electron chi connectivity index (χ2n) is 4.16. The molecule has 0 saturated heterocycles. The highest BCUT2D eigenvalue weighted by Gasteiger charge is 2.11. The first-order valence-electron chi connectivity index (χ1n) is 5.89. The predicted molar refractivity (Wildman–Crippen MR) is 76.3 cm³/mol. The minimum atomic E-state index is -1.40. The van der Waals surface area contributed by atoms with Crippen molar-refractivity contribution in [3.63, 3.8) is 0 Å². The Morgan fingerprint density at radius 2 is 1.78 bits per heavy atom. The molecule has 0 spiro atoms. The molecule has 0 unspecified atom stereocenters. The zero-order valence-corrected chi connectivity index (χ0v) is 11.7. The Morgan fingerprint density at radius 3 is 2.44 bits per heavy atom. The van der Waals surface area contributed by atoms with Gasteiger partial charge in [-0.2, -0.15) is 0 Å². The van der Waals surface area contributed by atoms with Gasteiger partial charge >= 0.3 is 0 Å². The molecule has 0 heterocycles. The summed E-state index contributed by atoms with van der Waals surface area (Å²) in [4.78, 5) is 2.79. The standard InChI is InChI=1S/C14H17NO2S/c1-4-17-18(16)14-10-6-7-11-12(14)8-5-9-13(11)15(2)3/h5-10H,4H2,1-3H3/t18-/m1/s1. The van der Waals surface area contributed by atoms with Crippen molar-refractivity contribution in [1.82, 2.24) is 0 Å². The third-order valence-electron chi connectivity index (χ3n) is 2.75. The quantitative estimate of drug-likeness (QED) is 0.849. The van der Waals surface area contributed by atoms with E-state index in [1.165, 1.54) is 0 Å². The molecular formula is C14H17NO2S. The van der Waals surface area contributed by atoms with E-state index in [1.54, 1.807) is 0 Å². The molecule has 0 saturated carbocycles. The van der Waals surface area contributed by atoms with E-state index < -0.39 is 11.1 Å². The smallest absolute Gasteiger partial charge is 0.189 e. The average Bonchev–Trinajstić information content (AvgIpc) is 2.37. The van der Waals surface area contributed by atoms with Crippen molar-refractivity contribution < 1.29 is 8.39 Å². The molecular weight excluding hydrogens is 246 g/mol. The third kappa shape index (κ3) is 2.40. The van der Waals surface area contributed by atoms with E-state index in [2.05, 4.69) is 11.0 Å². The van der Waals surface area contributed by atoms with Crippen LogP contribution in [0.5, 0.6) is 0 Å². The zero-order valence-electron chi connectivity index (χ0n) is 10.8. The monoisotopic (exact) mass is 263 g/mol. The van der Waals surface area contributed by atoms with E-state index in [-0.39, 0.29) is 0 Å². The van der Waals surface area contributed by atoms with Crippen molar-refractivity contribution in [2.45, 2.75) is 11.8 Å². The van der Waals surface area contributed by atoms with E-state index >= 15 is 0 Å². The molecule has 0 radical (unpaired) electrons. The van der Waals surface area contributed by atoms with Crippen molar-refractivity contribution in [3.8, 4) is 0 Å². The fraction of sp³-hybridized carbons (Fsp3) is 0.286. The number of hydrogen-bond donors (Lipinski definition) is 0. The Morgan fingerprint density at radius 1 is 1.11 bits per heavy atom. The molecule has 0 aromatic heterocycles. The maximum Gasteiger partial charge on any atom is 0.189 e. The lowest BCUT2D eigenvalue weighted by molar-refractivity contribution is 0.372. The molecule has 2 rings (SSSR count). The van der Waals surface area contributed by atoms with Gasteiger partial charge in [0, 0.05) is 30.6 Å². The molecule has 3 nitrogen and oxygen atoms in total. The molecule has 96 valence electrons. The van der Waals surface area contributed by atoms with Crippen LogP contribution in [0.1, 0.15) is 6.92 Å². The molecule has 0 N–H and O–H groups in total. The molecule has 0 bridgehead atoms. The Kier molecular flexibility index (Phi) is 3.99. The second-order valence-corrected chi connectivity index (χ2v) is 5.31. The van der Waals surface area contributed by atoms with Gasteiger partial charge in [0.05, 0.1) is 11.5 Å². The average molecular weight is 263 g/mol. The van der Waals surface area contributed by atoms with E-state index in [9.17, 15) is 4.21 Å². The zero-order chi connectivity index (χ0) is 13.1. The summed E-state index contributed by atoms with van der Waals surface area (Å²) in [5.41, 5.74) is 1.11. The van der Waals surface area contributed by atoms with Crippen LogP contribution in [0.2, 0.25) is 0 Å². The van der Waals surface area contributed by atoms with Gasteiger partial charge in [0.15, 0.2) is 11.1 Å². The van der Waals surface area contributed by atoms with Crippen LogP contribution in [0, 0.1) is 0 Å². The van der Waals surface area contributed by atoms with Crippen LogP contribution in [-0.2, 0) is 15.3 Å². The minimum absolute atomic E-state index is 0.441. The lowest BCUT2D eigenvalue weighted by atomic mass is 10.1. The predicted octanol–water partition coefficient (Wildman–Crippen LogP) is 2.96. The fourth-order valence-electron chi connectivity index (χ4n) is 1.97. The lowest BCUT2D eigenvalue weighted by Crippen LogP contribution is -2.09. The van der Waals surface area contributed by atoms with Crippen LogP contribution in [0.25, 0.3) is 10.8 Å². The summed E-state index contributed by atoms with van der Waals surface area (Å²) < 4.78 is 17.2. The van der Waals surface area contributed by atoms with Crippen molar-refractivity contribution in [1.29, 1.82) is 0 Å². The molecule has 2 aromatic carbocycles. The summed E-state index contributed by atoms with van der Waals surface area (Å²) in [7, 11) is 4.00. The molecule has 0 aliphatic rings. The number of fused-ring (bicyclic) bond motifs is 1. The molecule has 0 amide bonds. The summed E-state index contributed by atoms with van der Waals surface area (Å²) in [6.45, 7) is 2.28. The first kappa shape index (κ1) is 13.1. The number of hydrogen-bond acceptors (Lipinski definition) is 3. The van der Waals surface area contributed by atoms with Gasteiger partial charge in [-0.1, -0.05) is 24.3 Å². The van der Waals surface area contributed by atoms with Gasteiger partial charge in [-0.05, 0) is 19.1 Å². The van der Waals surface area contributed by atoms with Gasteiger partial charge in [-0.25, -0.2) is 4.21 Å². The number of benzene rings is 2. The Balaban J connectivity index is 2.64. The first-order chi connectivity index (χ1) is 8.65. The lowest BCUT2D eigenvalue weighted by Gasteiger charge is -2.16. The van der Waals surface area contributed by atoms with Gasteiger partial charge in [-0.3, -0.25) is 4.18 Å². The highest BCUT2D eigenvalue weighted by atomic mass is 32.2. The number of anilines is 1. The van der Waals surface area contributed by atoms with Gasteiger partial charge in [-0.15, -0.1) is 0 Å². The molecule has 2 aromatic rings. The van der Waals surface area contributed by atoms with Crippen molar-refractivity contribution in [2.75, 3.05) is 25.6 Å². The van der Waals surface area contributed by atoms with Crippen molar-refractivity contribution in [2.24, 2.45) is 0 Å². The van der Waals surface area contributed by atoms with Crippen LogP contribution in [0.4, 0.5) is 5.69 Å². The van der Waals surface area contributed by atoms with Gasteiger partial charge in [0.25, 0.3) is 0 Å². The molecule has 0 aliphatic heterocycles. The number of rotatable bonds is 4. The third-order valence-corrected chi connectivity index (χ3v) is 3.91. The summed E-state index contributed by atoms with van der Waals surface area (Å²) in [5, 5.41) is 2.07. The van der Waals surface area contributed by atoms with Crippen LogP contribution in [0.15, 0.2) is 41.3 Å². The second kappa shape index (κ2) is 5.50. The molecule has 0 fully saturated rings. The van der Waals surface area contributed by atoms with E-state index in [4.69, 9.17) is 4.18 Å². The number of nitrogens with zero attached hydrogens (tertiary/aromatic N) is 1. The molecule has 4 heteroatoms. The molecule has 0 aliphatic carbocycles. The van der Waals surface area contributed by atoms with Crippen molar-refractivity contribution in [3.05, 3.63) is 36.4 Å².